The van der Waals surface area contributed by atoms with Gasteiger partial charge < -0.3 is 4.74 Å². The highest BCUT2D eigenvalue weighted by Gasteiger charge is 2.26. The first-order chi connectivity index (χ1) is 6.99. The minimum atomic E-state index is -2.48. The SMILES string of the molecule is COC(=O)C1=C(F)C(C)C(=S(=O)=O)C=C1. The molecule has 6 heteroatoms. The van der Waals surface area contributed by atoms with Gasteiger partial charge in [-0.15, -0.1) is 0 Å². The van der Waals surface area contributed by atoms with E-state index in [2.05, 4.69) is 4.74 Å². The van der Waals surface area contributed by atoms with E-state index in [1.165, 1.54) is 13.0 Å². The van der Waals surface area contributed by atoms with Gasteiger partial charge >= 0.3 is 5.97 Å². The number of carbonyl (C=O) groups excluding carboxylic acids is 1. The molecule has 0 saturated heterocycles. The largest absolute Gasteiger partial charge is 0.465 e. The number of hydrogen-bond acceptors (Lipinski definition) is 4. The Morgan fingerprint density at radius 2 is 2.07 bits per heavy atom. The van der Waals surface area contributed by atoms with E-state index in [-0.39, 0.29) is 10.4 Å². The molecule has 1 rings (SSSR count). The van der Waals surface area contributed by atoms with E-state index < -0.39 is 28.0 Å². The van der Waals surface area contributed by atoms with E-state index >= 15 is 0 Å². The molecule has 1 aliphatic carbocycles. The highest BCUT2D eigenvalue weighted by molar-refractivity contribution is 7.73. The number of halogens is 1. The van der Waals surface area contributed by atoms with Gasteiger partial charge in [-0.3, -0.25) is 0 Å². The number of methoxy groups -OCH3 is 1. The van der Waals surface area contributed by atoms with Gasteiger partial charge in [0.2, 0.25) is 10.3 Å². The predicted molar refractivity (Wildman–Crippen MR) is 52.4 cm³/mol. The van der Waals surface area contributed by atoms with Crippen LogP contribution < -0.4 is 0 Å². The summed E-state index contributed by atoms with van der Waals surface area (Å²) in [6, 6.07) is 0. The second kappa shape index (κ2) is 4.39. The van der Waals surface area contributed by atoms with Crippen LogP contribution >= 0.6 is 0 Å². The average Bonchev–Trinajstić information content (AvgIpc) is 2.20. The fraction of sp³-hybridized carbons (Fsp3) is 0.333. The van der Waals surface area contributed by atoms with Crippen molar-refractivity contribution < 1.29 is 22.3 Å². The Balaban J connectivity index is 3.25. The van der Waals surface area contributed by atoms with Crippen LogP contribution in [0.5, 0.6) is 0 Å². The first-order valence-corrected chi connectivity index (χ1v) is 5.18. The Bertz CT molecular complexity index is 476. The van der Waals surface area contributed by atoms with Crippen molar-refractivity contribution in [1.29, 1.82) is 0 Å². The summed E-state index contributed by atoms with van der Waals surface area (Å²) >= 11 is 0. The summed E-state index contributed by atoms with van der Waals surface area (Å²) in [4.78, 5) is 11.0. The van der Waals surface area contributed by atoms with Crippen LogP contribution in [0.4, 0.5) is 4.39 Å². The van der Waals surface area contributed by atoms with Crippen molar-refractivity contribution in [2.75, 3.05) is 7.11 Å². The molecule has 0 radical (unpaired) electrons. The minimum Gasteiger partial charge on any atom is -0.465 e. The lowest BCUT2D eigenvalue weighted by Gasteiger charge is -2.14. The van der Waals surface area contributed by atoms with E-state index in [4.69, 9.17) is 0 Å². The van der Waals surface area contributed by atoms with E-state index in [0.717, 1.165) is 13.2 Å². The summed E-state index contributed by atoms with van der Waals surface area (Å²) in [5.41, 5.74) is -0.237. The highest BCUT2D eigenvalue weighted by atomic mass is 32.2. The van der Waals surface area contributed by atoms with Crippen LogP contribution in [0.3, 0.4) is 0 Å². The van der Waals surface area contributed by atoms with Crippen molar-refractivity contribution in [3.63, 3.8) is 0 Å². The minimum absolute atomic E-state index is 0.0832. The lowest BCUT2D eigenvalue weighted by Crippen LogP contribution is -2.19. The van der Waals surface area contributed by atoms with Crippen molar-refractivity contribution in [3.8, 4) is 0 Å². The van der Waals surface area contributed by atoms with Crippen LogP contribution in [0.15, 0.2) is 23.6 Å². The molecule has 1 aliphatic rings. The summed E-state index contributed by atoms with van der Waals surface area (Å²) in [6.45, 7) is 1.37. The third-order valence-corrected chi connectivity index (χ3v) is 2.95. The van der Waals surface area contributed by atoms with Crippen LogP contribution in [0.2, 0.25) is 0 Å². The highest BCUT2D eigenvalue weighted by Crippen LogP contribution is 2.24. The quantitative estimate of drug-likeness (QED) is 0.491. The zero-order valence-corrected chi connectivity index (χ0v) is 8.97. The second-order valence-electron chi connectivity index (χ2n) is 2.95. The predicted octanol–water partition coefficient (Wildman–Crippen LogP) is 0.640. The van der Waals surface area contributed by atoms with Gasteiger partial charge in [-0.25, -0.2) is 9.18 Å². The lowest BCUT2D eigenvalue weighted by molar-refractivity contribution is -0.135. The molecule has 0 spiro atoms. The maximum absolute atomic E-state index is 13.5. The van der Waals surface area contributed by atoms with E-state index in [9.17, 15) is 17.6 Å². The number of allylic oxidation sites excluding steroid dienone is 2. The molecular weight excluding hydrogens is 223 g/mol. The van der Waals surface area contributed by atoms with Gasteiger partial charge in [-0.1, -0.05) is 6.92 Å². The molecule has 0 aromatic rings. The van der Waals surface area contributed by atoms with E-state index in [1.807, 2.05) is 0 Å². The molecule has 0 aromatic carbocycles. The summed E-state index contributed by atoms with van der Waals surface area (Å²) in [5.74, 6) is -2.54. The third-order valence-electron chi connectivity index (χ3n) is 2.08. The average molecular weight is 232 g/mol. The van der Waals surface area contributed by atoms with Gasteiger partial charge in [-0.05, 0) is 12.2 Å². The van der Waals surface area contributed by atoms with Gasteiger partial charge in [0.05, 0.1) is 17.5 Å². The van der Waals surface area contributed by atoms with E-state index in [0.29, 0.717) is 0 Å². The Morgan fingerprint density at radius 1 is 1.47 bits per heavy atom. The topological polar surface area (TPSA) is 60.4 Å². The number of carbonyl (C=O) groups is 1. The molecule has 0 aliphatic heterocycles. The van der Waals surface area contributed by atoms with Crippen LogP contribution in [-0.4, -0.2) is 26.4 Å². The standard InChI is InChI=1S/C9H9FO4S/c1-5-7(15(12)13)4-3-6(8(5)10)9(11)14-2/h3-5H,1-2H3. The molecule has 0 fully saturated rings. The molecule has 0 N–H and O–H groups in total. The number of hydrogen-bond donors (Lipinski definition) is 0. The van der Waals surface area contributed by atoms with Gasteiger partial charge in [-0.2, -0.15) is 8.42 Å². The van der Waals surface area contributed by atoms with Gasteiger partial charge in [0, 0.05) is 5.92 Å². The van der Waals surface area contributed by atoms with Crippen LogP contribution in [0, 0.1) is 5.92 Å². The Labute approximate surface area is 87.6 Å². The molecule has 1 atom stereocenters. The molecule has 0 aromatic heterocycles. The summed E-state index contributed by atoms with van der Waals surface area (Å²) in [6.07, 6.45) is 2.30. The molecule has 0 heterocycles. The second-order valence-corrected chi connectivity index (χ2v) is 3.89. The van der Waals surface area contributed by atoms with Crippen LogP contribution in [0.1, 0.15) is 6.92 Å². The molecule has 82 valence electrons. The van der Waals surface area contributed by atoms with E-state index in [1.54, 1.807) is 0 Å². The van der Waals surface area contributed by atoms with Crippen molar-refractivity contribution in [3.05, 3.63) is 23.6 Å². The molecule has 0 amide bonds. The molecule has 15 heavy (non-hydrogen) atoms. The molecule has 0 bridgehead atoms. The fourth-order valence-corrected chi connectivity index (χ4v) is 1.79. The molecule has 4 nitrogen and oxygen atoms in total. The van der Waals surface area contributed by atoms with Gasteiger partial charge in [0.25, 0.3) is 0 Å². The van der Waals surface area contributed by atoms with Crippen molar-refractivity contribution in [1.82, 2.24) is 0 Å². The first-order valence-electron chi connectivity index (χ1n) is 4.11. The monoisotopic (exact) mass is 232 g/mol. The molecule has 1 unspecified atom stereocenters. The summed E-state index contributed by atoms with van der Waals surface area (Å²) in [5, 5.41) is 0. The van der Waals surface area contributed by atoms with Crippen molar-refractivity contribution in [2.45, 2.75) is 6.92 Å². The Morgan fingerprint density at radius 3 is 2.53 bits per heavy atom. The fourth-order valence-electron chi connectivity index (χ4n) is 1.22. The molecular formula is C9H9FO4S. The zero-order valence-electron chi connectivity index (χ0n) is 8.15. The number of rotatable bonds is 1. The Kier molecular flexibility index (Phi) is 3.41. The smallest absolute Gasteiger partial charge is 0.340 e. The number of ether oxygens (including phenoxy) is 1. The molecule has 0 saturated carbocycles. The normalized spacial score (nSPS) is 20.5. The third kappa shape index (κ3) is 2.15. The van der Waals surface area contributed by atoms with Crippen LogP contribution in [-0.2, 0) is 19.8 Å². The maximum atomic E-state index is 13.5. The first kappa shape index (κ1) is 11.6. The summed E-state index contributed by atoms with van der Waals surface area (Å²) < 4.78 is 39.2. The van der Waals surface area contributed by atoms with Crippen molar-refractivity contribution in [2.24, 2.45) is 5.92 Å². The van der Waals surface area contributed by atoms with Gasteiger partial charge in [0.1, 0.15) is 5.83 Å². The van der Waals surface area contributed by atoms with Crippen molar-refractivity contribution >= 4 is 21.1 Å². The Hall–Kier alpha value is -1.43. The van der Waals surface area contributed by atoms with Crippen LogP contribution in [0.25, 0.3) is 0 Å². The summed E-state index contributed by atoms with van der Waals surface area (Å²) in [7, 11) is -1.35. The van der Waals surface area contributed by atoms with Gasteiger partial charge in [0.15, 0.2) is 0 Å². The lowest BCUT2D eigenvalue weighted by atomic mass is 9.96. The zero-order chi connectivity index (χ0) is 11.6. The maximum Gasteiger partial charge on any atom is 0.340 e. The number of esters is 1.